The fourth-order valence-electron chi connectivity index (χ4n) is 1.23. The molecule has 8 heteroatoms. The first-order valence-electron chi connectivity index (χ1n) is 4.29. The number of hydrogen-bond donors (Lipinski definition) is 1. The molecule has 0 saturated heterocycles. The normalized spacial score (nSPS) is 10.5. The zero-order valence-electron chi connectivity index (χ0n) is 8.06. The standard InChI is InChI=1S/C9H4F3N3O2/c10-4-1-6(12)7(2-5(4)11)15-8(9(16)17)3-13-14-15/h1-3H,(H,16,17). The average Bonchev–Trinajstić information content (AvgIpc) is 2.72. The number of carboxylic acid groups (broad SMARTS) is 1. The molecular weight excluding hydrogens is 239 g/mol. The Balaban J connectivity index is 2.64. The number of carboxylic acids is 1. The van der Waals surface area contributed by atoms with Crippen LogP contribution in [0, 0.1) is 17.5 Å². The Hall–Kier alpha value is -2.38. The first-order chi connectivity index (χ1) is 8.00. The SMILES string of the molecule is O=C(O)c1cnnn1-c1cc(F)c(F)cc1F. The molecule has 0 amide bonds. The Morgan fingerprint density at radius 1 is 1.18 bits per heavy atom. The van der Waals surface area contributed by atoms with Crippen LogP contribution in [-0.4, -0.2) is 26.1 Å². The molecule has 2 rings (SSSR count). The summed E-state index contributed by atoms with van der Waals surface area (Å²) in [5, 5.41) is 15.3. The van der Waals surface area contributed by atoms with Crippen molar-refractivity contribution in [3.05, 3.63) is 41.5 Å². The molecule has 1 heterocycles. The predicted octanol–water partition coefficient (Wildman–Crippen LogP) is 1.38. The van der Waals surface area contributed by atoms with Crippen molar-refractivity contribution in [2.75, 3.05) is 0 Å². The summed E-state index contributed by atoms with van der Waals surface area (Å²) in [4.78, 5) is 10.7. The average molecular weight is 243 g/mol. The molecule has 0 aliphatic rings. The second-order valence-electron chi connectivity index (χ2n) is 3.05. The van der Waals surface area contributed by atoms with Crippen molar-refractivity contribution in [1.82, 2.24) is 15.0 Å². The van der Waals surface area contributed by atoms with Crippen molar-refractivity contribution in [3.63, 3.8) is 0 Å². The summed E-state index contributed by atoms with van der Waals surface area (Å²) in [6.07, 6.45) is 0.864. The van der Waals surface area contributed by atoms with E-state index in [0.717, 1.165) is 6.20 Å². The van der Waals surface area contributed by atoms with Gasteiger partial charge in [0.25, 0.3) is 0 Å². The molecular formula is C9H4F3N3O2. The molecule has 5 nitrogen and oxygen atoms in total. The third-order valence-corrected chi connectivity index (χ3v) is 1.99. The summed E-state index contributed by atoms with van der Waals surface area (Å²) < 4.78 is 39.5. The third kappa shape index (κ3) is 1.84. The Kier molecular flexibility index (Phi) is 2.54. The first kappa shape index (κ1) is 11.1. The van der Waals surface area contributed by atoms with Gasteiger partial charge in [0, 0.05) is 12.1 Å². The Bertz CT molecular complexity index is 597. The summed E-state index contributed by atoms with van der Waals surface area (Å²) in [5.41, 5.74) is -0.992. The first-order valence-corrected chi connectivity index (χ1v) is 4.29. The molecule has 88 valence electrons. The van der Waals surface area contributed by atoms with Crippen LogP contribution >= 0.6 is 0 Å². The van der Waals surface area contributed by atoms with Gasteiger partial charge in [0.15, 0.2) is 23.1 Å². The number of aromatic nitrogens is 3. The van der Waals surface area contributed by atoms with E-state index in [1.165, 1.54) is 0 Å². The molecule has 0 atom stereocenters. The van der Waals surface area contributed by atoms with Gasteiger partial charge >= 0.3 is 5.97 Å². The van der Waals surface area contributed by atoms with Gasteiger partial charge in [-0.15, -0.1) is 5.10 Å². The predicted molar refractivity (Wildman–Crippen MR) is 48.2 cm³/mol. The summed E-state index contributed by atoms with van der Waals surface area (Å²) in [5.74, 6) is -5.24. The lowest BCUT2D eigenvalue weighted by molar-refractivity contribution is 0.0687. The van der Waals surface area contributed by atoms with E-state index >= 15 is 0 Å². The molecule has 17 heavy (non-hydrogen) atoms. The van der Waals surface area contributed by atoms with Crippen molar-refractivity contribution in [2.24, 2.45) is 0 Å². The fraction of sp³-hybridized carbons (Fsp3) is 0. The highest BCUT2D eigenvalue weighted by Crippen LogP contribution is 2.18. The van der Waals surface area contributed by atoms with E-state index in [9.17, 15) is 18.0 Å². The summed E-state index contributed by atoms with van der Waals surface area (Å²) in [7, 11) is 0. The van der Waals surface area contributed by atoms with Crippen molar-refractivity contribution in [3.8, 4) is 5.69 Å². The number of aromatic carboxylic acids is 1. The highest BCUT2D eigenvalue weighted by Gasteiger charge is 2.18. The van der Waals surface area contributed by atoms with Crippen LogP contribution < -0.4 is 0 Å². The van der Waals surface area contributed by atoms with Crippen molar-refractivity contribution < 1.29 is 23.1 Å². The Morgan fingerprint density at radius 3 is 2.47 bits per heavy atom. The van der Waals surface area contributed by atoms with E-state index in [0.29, 0.717) is 16.8 Å². The lowest BCUT2D eigenvalue weighted by atomic mass is 10.2. The minimum absolute atomic E-state index is 0.304. The lowest BCUT2D eigenvalue weighted by Crippen LogP contribution is -2.10. The number of rotatable bonds is 2. The number of nitrogens with zero attached hydrogens (tertiary/aromatic N) is 3. The molecule has 0 aliphatic carbocycles. The van der Waals surface area contributed by atoms with Crippen LogP contribution in [0.3, 0.4) is 0 Å². The van der Waals surface area contributed by atoms with Gasteiger partial charge in [-0.1, -0.05) is 5.21 Å². The van der Waals surface area contributed by atoms with Crippen molar-refractivity contribution in [1.29, 1.82) is 0 Å². The van der Waals surface area contributed by atoms with Crippen LogP contribution in [-0.2, 0) is 0 Å². The van der Waals surface area contributed by atoms with Crippen molar-refractivity contribution in [2.45, 2.75) is 0 Å². The molecule has 0 unspecified atom stereocenters. The maximum Gasteiger partial charge on any atom is 0.356 e. The second-order valence-corrected chi connectivity index (χ2v) is 3.05. The molecule has 2 aromatic rings. The molecule has 0 radical (unpaired) electrons. The topological polar surface area (TPSA) is 68.0 Å². The van der Waals surface area contributed by atoms with E-state index in [2.05, 4.69) is 10.3 Å². The summed E-state index contributed by atoms with van der Waals surface area (Å²) in [6.45, 7) is 0. The minimum Gasteiger partial charge on any atom is -0.476 e. The Morgan fingerprint density at radius 2 is 1.82 bits per heavy atom. The van der Waals surface area contributed by atoms with Crippen LogP contribution in [0.25, 0.3) is 5.69 Å². The largest absolute Gasteiger partial charge is 0.476 e. The van der Waals surface area contributed by atoms with Gasteiger partial charge in [-0.3, -0.25) is 0 Å². The van der Waals surface area contributed by atoms with E-state index < -0.39 is 34.8 Å². The molecule has 0 bridgehead atoms. The van der Waals surface area contributed by atoms with Crippen LogP contribution in [0.1, 0.15) is 10.5 Å². The Labute approximate surface area is 92.1 Å². The highest BCUT2D eigenvalue weighted by molar-refractivity contribution is 5.85. The van der Waals surface area contributed by atoms with Gasteiger partial charge in [-0.25, -0.2) is 22.6 Å². The maximum absolute atomic E-state index is 13.3. The van der Waals surface area contributed by atoms with Gasteiger partial charge < -0.3 is 5.11 Å². The van der Waals surface area contributed by atoms with Crippen LogP contribution in [0.4, 0.5) is 13.2 Å². The van der Waals surface area contributed by atoms with E-state index in [4.69, 9.17) is 5.11 Å². The fourth-order valence-corrected chi connectivity index (χ4v) is 1.23. The highest BCUT2D eigenvalue weighted by atomic mass is 19.2. The number of halogens is 3. The van der Waals surface area contributed by atoms with Gasteiger partial charge in [-0.05, 0) is 0 Å². The van der Waals surface area contributed by atoms with Gasteiger partial charge in [0.05, 0.1) is 6.20 Å². The number of carbonyl (C=O) groups is 1. The second kappa shape index (κ2) is 3.89. The molecule has 0 aliphatic heterocycles. The van der Waals surface area contributed by atoms with E-state index in [-0.39, 0.29) is 0 Å². The minimum atomic E-state index is -1.42. The summed E-state index contributed by atoms with van der Waals surface area (Å²) in [6, 6.07) is 0.809. The lowest BCUT2D eigenvalue weighted by Gasteiger charge is -2.05. The molecule has 0 spiro atoms. The zero-order valence-corrected chi connectivity index (χ0v) is 8.06. The van der Waals surface area contributed by atoms with Crippen molar-refractivity contribution >= 4 is 5.97 Å². The van der Waals surface area contributed by atoms with E-state index in [1.807, 2.05) is 0 Å². The van der Waals surface area contributed by atoms with Gasteiger partial charge in [0.2, 0.25) is 0 Å². The van der Waals surface area contributed by atoms with Crippen LogP contribution in [0.2, 0.25) is 0 Å². The monoisotopic (exact) mass is 243 g/mol. The number of benzene rings is 1. The smallest absolute Gasteiger partial charge is 0.356 e. The quantitative estimate of drug-likeness (QED) is 0.809. The molecule has 0 saturated carbocycles. The zero-order chi connectivity index (χ0) is 12.6. The third-order valence-electron chi connectivity index (χ3n) is 1.99. The van der Waals surface area contributed by atoms with E-state index in [1.54, 1.807) is 0 Å². The van der Waals surface area contributed by atoms with Crippen LogP contribution in [0.5, 0.6) is 0 Å². The maximum atomic E-state index is 13.3. The van der Waals surface area contributed by atoms with Crippen LogP contribution in [0.15, 0.2) is 18.3 Å². The molecule has 1 N–H and O–H groups in total. The molecule has 1 aromatic heterocycles. The molecule has 1 aromatic carbocycles. The summed E-state index contributed by atoms with van der Waals surface area (Å²) >= 11 is 0. The number of hydrogen-bond acceptors (Lipinski definition) is 3. The molecule has 0 fully saturated rings. The van der Waals surface area contributed by atoms with Gasteiger partial charge in [0.1, 0.15) is 5.69 Å². The van der Waals surface area contributed by atoms with Gasteiger partial charge in [-0.2, -0.15) is 0 Å².